The standard InChI is InChI=1S/C20H24FN5O5/c1-4-7-8-15(28)29-10-20(6-3)12(30-14(27)5-2)9-13(31-20)26-11-23-16-17(22)24-19(21)25-18(16)26/h3,11-13H,4-5,7-10H2,1-2H3,(H2,22,24,25)/t12-,13+,20?/m0/s1. The topological polar surface area (TPSA) is 131 Å². The Hall–Kier alpha value is -3.26. The highest BCUT2D eigenvalue weighted by Gasteiger charge is 2.52. The molecule has 3 rings (SSSR count). The third-order valence-corrected chi connectivity index (χ3v) is 5.00. The van der Waals surface area contributed by atoms with Crippen molar-refractivity contribution in [2.45, 2.75) is 63.9 Å². The molecule has 3 heterocycles. The molecule has 1 unspecified atom stereocenters. The van der Waals surface area contributed by atoms with Gasteiger partial charge in [0.25, 0.3) is 0 Å². The molecular weight excluding hydrogens is 409 g/mol. The van der Waals surface area contributed by atoms with E-state index in [0.29, 0.717) is 6.42 Å². The van der Waals surface area contributed by atoms with Gasteiger partial charge in [0.15, 0.2) is 17.0 Å². The number of anilines is 1. The van der Waals surface area contributed by atoms with Crippen LogP contribution in [0.5, 0.6) is 0 Å². The molecule has 10 nitrogen and oxygen atoms in total. The number of carbonyl (C=O) groups excluding carboxylic acids is 2. The average molecular weight is 433 g/mol. The number of ether oxygens (including phenoxy) is 3. The number of aromatic nitrogens is 4. The fraction of sp³-hybridized carbons (Fsp3) is 0.550. The summed E-state index contributed by atoms with van der Waals surface area (Å²) in [5.74, 6) is 1.45. The first-order chi connectivity index (χ1) is 14.8. The Morgan fingerprint density at radius 3 is 2.87 bits per heavy atom. The second-order valence-electron chi connectivity index (χ2n) is 7.14. The Kier molecular flexibility index (Phi) is 6.70. The summed E-state index contributed by atoms with van der Waals surface area (Å²) in [6, 6.07) is 0. The number of hydrogen-bond acceptors (Lipinski definition) is 9. The first-order valence-electron chi connectivity index (χ1n) is 9.99. The van der Waals surface area contributed by atoms with Gasteiger partial charge in [0.2, 0.25) is 5.60 Å². The molecular formula is C20H24FN5O5. The van der Waals surface area contributed by atoms with Gasteiger partial charge in [-0.1, -0.05) is 26.2 Å². The normalized spacial score (nSPS) is 22.9. The van der Waals surface area contributed by atoms with Gasteiger partial charge in [0, 0.05) is 19.3 Å². The molecule has 0 aromatic carbocycles. The molecule has 0 bridgehead atoms. The molecule has 0 radical (unpaired) electrons. The molecule has 0 saturated carbocycles. The summed E-state index contributed by atoms with van der Waals surface area (Å²) in [6.45, 7) is 3.29. The lowest BCUT2D eigenvalue weighted by atomic mass is 9.98. The van der Waals surface area contributed by atoms with Gasteiger partial charge in [-0.2, -0.15) is 14.4 Å². The number of nitrogens with two attached hydrogens (primary N) is 1. The smallest absolute Gasteiger partial charge is 0.312 e. The molecule has 0 amide bonds. The Balaban J connectivity index is 1.90. The number of terminal acetylenes is 1. The van der Waals surface area contributed by atoms with Crippen LogP contribution in [0.2, 0.25) is 0 Å². The van der Waals surface area contributed by atoms with Gasteiger partial charge in [-0.05, 0) is 6.42 Å². The Labute approximate surface area is 178 Å². The predicted octanol–water partition coefficient (Wildman–Crippen LogP) is 1.89. The summed E-state index contributed by atoms with van der Waals surface area (Å²) >= 11 is 0. The molecule has 11 heteroatoms. The summed E-state index contributed by atoms with van der Waals surface area (Å²) in [5.41, 5.74) is 4.48. The largest absolute Gasteiger partial charge is 0.461 e. The van der Waals surface area contributed by atoms with Gasteiger partial charge >= 0.3 is 18.0 Å². The molecule has 31 heavy (non-hydrogen) atoms. The highest BCUT2D eigenvalue weighted by atomic mass is 19.1. The number of nitrogens with zero attached hydrogens (tertiary/aromatic N) is 4. The lowest BCUT2D eigenvalue weighted by Gasteiger charge is -2.28. The summed E-state index contributed by atoms with van der Waals surface area (Å²) in [7, 11) is 0. The lowest BCUT2D eigenvalue weighted by molar-refractivity contribution is -0.166. The van der Waals surface area contributed by atoms with Crippen LogP contribution in [0, 0.1) is 18.4 Å². The minimum Gasteiger partial charge on any atom is -0.461 e. The molecule has 1 fully saturated rings. The third-order valence-electron chi connectivity index (χ3n) is 5.00. The molecule has 1 aliphatic rings. The van der Waals surface area contributed by atoms with Gasteiger partial charge in [-0.25, -0.2) is 4.98 Å². The second-order valence-corrected chi connectivity index (χ2v) is 7.14. The van der Waals surface area contributed by atoms with Crippen molar-refractivity contribution < 1.29 is 28.2 Å². The van der Waals surface area contributed by atoms with Crippen LogP contribution < -0.4 is 5.73 Å². The van der Waals surface area contributed by atoms with E-state index in [1.807, 2.05) is 6.92 Å². The van der Waals surface area contributed by atoms with Crippen LogP contribution in [0.3, 0.4) is 0 Å². The van der Waals surface area contributed by atoms with Crippen molar-refractivity contribution >= 4 is 28.9 Å². The first-order valence-corrected chi connectivity index (χ1v) is 9.99. The monoisotopic (exact) mass is 433 g/mol. The number of unbranched alkanes of at least 4 members (excludes halogenated alkanes) is 1. The fourth-order valence-electron chi connectivity index (χ4n) is 3.29. The van der Waals surface area contributed by atoms with Crippen molar-refractivity contribution in [3.63, 3.8) is 0 Å². The van der Waals surface area contributed by atoms with Crippen LogP contribution in [0.1, 0.15) is 52.2 Å². The quantitative estimate of drug-likeness (QED) is 0.376. The lowest BCUT2D eigenvalue weighted by Crippen LogP contribution is -2.45. The Bertz CT molecular complexity index is 1020. The van der Waals surface area contributed by atoms with E-state index >= 15 is 0 Å². The first kappa shape index (κ1) is 22.4. The molecule has 0 spiro atoms. The SMILES string of the molecule is C#CC1(COC(=O)CCCC)O[C@@H](n2cnc3c(N)nc(F)nc32)C[C@@H]1OC(=O)CC. The highest BCUT2D eigenvalue weighted by molar-refractivity contribution is 5.81. The van der Waals surface area contributed by atoms with Crippen molar-refractivity contribution in [1.29, 1.82) is 0 Å². The number of nitrogen functional groups attached to an aromatic ring is 1. The zero-order chi connectivity index (χ0) is 22.6. The Morgan fingerprint density at radius 1 is 1.42 bits per heavy atom. The van der Waals surface area contributed by atoms with Crippen LogP contribution in [0.4, 0.5) is 10.2 Å². The number of rotatable bonds is 8. The predicted molar refractivity (Wildman–Crippen MR) is 107 cm³/mol. The summed E-state index contributed by atoms with van der Waals surface area (Å²) < 4.78 is 32.0. The van der Waals surface area contributed by atoms with E-state index in [4.69, 9.17) is 26.4 Å². The maximum Gasteiger partial charge on any atom is 0.312 e. The number of hydrogen-bond donors (Lipinski definition) is 1. The van der Waals surface area contributed by atoms with Crippen LogP contribution in [0.25, 0.3) is 11.2 Å². The van der Waals surface area contributed by atoms with Crippen molar-refractivity contribution in [1.82, 2.24) is 19.5 Å². The maximum absolute atomic E-state index is 13.7. The van der Waals surface area contributed by atoms with Crippen molar-refractivity contribution in [2.75, 3.05) is 12.3 Å². The number of carbonyl (C=O) groups is 2. The zero-order valence-electron chi connectivity index (χ0n) is 17.3. The second kappa shape index (κ2) is 9.26. The fourth-order valence-corrected chi connectivity index (χ4v) is 3.29. The number of imidazole rings is 1. The van der Waals surface area contributed by atoms with Gasteiger partial charge in [0.1, 0.15) is 18.9 Å². The summed E-state index contributed by atoms with van der Waals surface area (Å²) in [6.07, 6.45) is 6.34. The van der Waals surface area contributed by atoms with E-state index in [1.54, 1.807) is 6.92 Å². The van der Waals surface area contributed by atoms with E-state index in [-0.39, 0.29) is 42.9 Å². The van der Waals surface area contributed by atoms with Crippen LogP contribution in [0.15, 0.2) is 6.33 Å². The van der Waals surface area contributed by atoms with Crippen LogP contribution in [-0.4, -0.2) is 49.8 Å². The molecule has 0 aliphatic carbocycles. The number of fused-ring (bicyclic) bond motifs is 1. The Morgan fingerprint density at radius 2 is 2.19 bits per heavy atom. The number of halogens is 1. The summed E-state index contributed by atoms with van der Waals surface area (Å²) in [4.78, 5) is 35.3. The molecule has 3 atom stereocenters. The van der Waals surface area contributed by atoms with E-state index in [0.717, 1.165) is 6.42 Å². The summed E-state index contributed by atoms with van der Waals surface area (Å²) in [5, 5.41) is 0. The van der Waals surface area contributed by atoms with Crippen molar-refractivity contribution in [3.8, 4) is 12.3 Å². The van der Waals surface area contributed by atoms with Gasteiger partial charge in [0.05, 0.1) is 6.33 Å². The van der Waals surface area contributed by atoms with Crippen LogP contribution >= 0.6 is 0 Å². The van der Waals surface area contributed by atoms with E-state index in [1.165, 1.54) is 10.9 Å². The van der Waals surface area contributed by atoms with Gasteiger partial charge in [-0.15, -0.1) is 6.42 Å². The van der Waals surface area contributed by atoms with E-state index in [2.05, 4.69) is 20.9 Å². The van der Waals surface area contributed by atoms with Gasteiger partial charge in [-0.3, -0.25) is 14.2 Å². The van der Waals surface area contributed by atoms with Crippen molar-refractivity contribution in [3.05, 3.63) is 12.4 Å². The molecule has 2 N–H and O–H groups in total. The minimum absolute atomic E-state index is 0.100. The maximum atomic E-state index is 13.7. The zero-order valence-corrected chi connectivity index (χ0v) is 17.3. The molecule has 1 aliphatic heterocycles. The van der Waals surface area contributed by atoms with Crippen LogP contribution in [-0.2, 0) is 23.8 Å². The number of esters is 2. The van der Waals surface area contributed by atoms with Gasteiger partial charge < -0.3 is 19.9 Å². The molecule has 166 valence electrons. The molecule has 2 aromatic rings. The highest BCUT2D eigenvalue weighted by Crippen LogP contribution is 2.40. The molecule has 1 saturated heterocycles. The minimum atomic E-state index is -1.52. The van der Waals surface area contributed by atoms with Crippen molar-refractivity contribution in [2.24, 2.45) is 0 Å². The van der Waals surface area contributed by atoms with E-state index in [9.17, 15) is 14.0 Å². The molecule has 2 aromatic heterocycles. The third kappa shape index (κ3) is 4.59. The van der Waals surface area contributed by atoms with E-state index < -0.39 is 35.9 Å². The average Bonchev–Trinajstić information content (AvgIpc) is 3.32.